The van der Waals surface area contributed by atoms with Gasteiger partial charge < -0.3 is 5.32 Å². The average Bonchev–Trinajstić information content (AvgIpc) is 2.44. The monoisotopic (exact) mass is 343 g/mol. The van der Waals surface area contributed by atoms with Gasteiger partial charge in [-0.3, -0.25) is 0 Å². The SMILES string of the molecule is CC(C)(NC1CC(c2ccccc2)C1)c1ccc(Br)cc1. The van der Waals surface area contributed by atoms with Gasteiger partial charge in [-0.25, -0.2) is 0 Å². The van der Waals surface area contributed by atoms with Gasteiger partial charge in [0.25, 0.3) is 0 Å². The number of hydrogen-bond donors (Lipinski definition) is 1. The molecular weight excluding hydrogens is 322 g/mol. The predicted molar refractivity (Wildman–Crippen MR) is 92.5 cm³/mol. The molecule has 1 saturated carbocycles. The summed E-state index contributed by atoms with van der Waals surface area (Å²) < 4.78 is 1.13. The molecule has 1 nitrogen and oxygen atoms in total. The molecule has 0 bridgehead atoms. The van der Waals surface area contributed by atoms with E-state index in [1.54, 1.807) is 0 Å². The maximum atomic E-state index is 3.81. The topological polar surface area (TPSA) is 12.0 Å². The fourth-order valence-electron chi connectivity index (χ4n) is 3.19. The maximum absolute atomic E-state index is 3.81. The van der Waals surface area contributed by atoms with Crippen molar-refractivity contribution in [3.05, 3.63) is 70.2 Å². The fourth-order valence-corrected chi connectivity index (χ4v) is 3.46. The first-order valence-electron chi connectivity index (χ1n) is 7.63. The van der Waals surface area contributed by atoms with Crippen LogP contribution in [-0.2, 0) is 5.54 Å². The van der Waals surface area contributed by atoms with E-state index in [4.69, 9.17) is 0 Å². The molecule has 1 N–H and O–H groups in total. The molecule has 3 rings (SSSR count). The molecule has 0 radical (unpaired) electrons. The standard InChI is InChI=1S/C19H22BrN/c1-19(2,16-8-10-17(20)11-9-16)21-18-12-15(13-18)14-6-4-3-5-7-14/h3-11,15,18,21H,12-13H2,1-2H3. The molecule has 0 saturated heterocycles. The van der Waals surface area contributed by atoms with E-state index in [-0.39, 0.29) is 5.54 Å². The minimum atomic E-state index is 0.0209. The minimum Gasteiger partial charge on any atom is -0.305 e. The van der Waals surface area contributed by atoms with Crippen LogP contribution in [-0.4, -0.2) is 6.04 Å². The molecule has 21 heavy (non-hydrogen) atoms. The van der Waals surface area contributed by atoms with Gasteiger partial charge in [0.05, 0.1) is 0 Å². The van der Waals surface area contributed by atoms with E-state index >= 15 is 0 Å². The zero-order chi connectivity index (χ0) is 14.9. The Morgan fingerprint density at radius 3 is 2.19 bits per heavy atom. The lowest BCUT2D eigenvalue weighted by molar-refractivity contribution is 0.225. The first kappa shape index (κ1) is 14.8. The molecule has 2 aromatic carbocycles. The molecular formula is C19H22BrN. The molecule has 0 atom stereocenters. The summed E-state index contributed by atoms with van der Waals surface area (Å²) in [4.78, 5) is 0. The summed E-state index contributed by atoms with van der Waals surface area (Å²) in [7, 11) is 0. The van der Waals surface area contributed by atoms with Crippen LogP contribution in [0.2, 0.25) is 0 Å². The summed E-state index contributed by atoms with van der Waals surface area (Å²) in [6, 6.07) is 20.1. The lowest BCUT2D eigenvalue weighted by Crippen LogP contribution is -2.49. The highest BCUT2D eigenvalue weighted by atomic mass is 79.9. The van der Waals surface area contributed by atoms with Crippen LogP contribution in [0.15, 0.2) is 59.1 Å². The summed E-state index contributed by atoms with van der Waals surface area (Å²) in [6.07, 6.45) is 2.48. The van der Waals surface area contributed by atoms with Crippen molar-refractivity contribution in [2.24, 2.45) is 0 Å². The minimum absolute atomic E-state index is 0.0209. The van der Waals surface area contributed by atoms with Crippen LogP contribution in [0, 0.1) is 0 Å². The number of rotatable bonds is 4. The molecule has 0 amide bonds. The Bertz CT molecular complexity index is 583. The molecule has 0 aliphatic heterocycles. The summed E-state index contributed by atoms with van der Waals surface area (Å²) in [5.74, 6) is 0.726. The molecule has 2 aromatic rings. The van der Waals surface area contributed by atoms with E-state index < -0.39 is 0 Å². The van der Waals surface area contributed by atoms with E-state index in [0.29, 0.717) is 6.04 Å². The van der Waals surface area contributed by atoms with Crippen molar-refractivity contribution < 1.29 is 0 Å². The largest absolute Gasteiger partial charge is 0.305 e. The lowest BCUT2D eigenvalue weighted by Gasteiger charge is -2.42. The van der Waals surface area contributed by atoms with Crippen LogP contribution in [0.3, 0.4) is 0 Å². The van der Waals surface area contributed by atoms with Crippen LogP contribution in [0.5, 0.6) is 0 Å². The molecule has 1 aliphatic carbocycles. The lowest BCUT2D eigenvalue weighted by atomic mass is 9.74. The molecule has 0 spiro atoms. The Morgan fingerprint density at radius 2 is 1.57 bits per heavy atom. The second-order valence-electron chi connectivity index (χ2n) is 6.55. The predicted octanol–water partition coefficient (Wildman–Crippen LogP) is 5.22. The third kappa shape index (κ3) is 3.38. The van der Waals surface area contributed by atoms with Crippen molar-refractivity contribution in [2.45, 2.75) is 44.2 Å². The first-order chi connectivity index (χ1) is 10.0. The van der Waals surface area contributed by atoms with Gasteiger partial charge >= 0.3 is 0 Å². The van der Waals surface area contributed by atoms with Gasteiger partial charge in [-0.05, 0) is 55.9 Å². The maximum Gasteiger partial charge on any atom is 0.0379 e. The van der Waals surface area contributed by atoms with Crippen LogP contribution >= 0.6 is 15.9 Å². The van der Waals surface area contributed by atoms with Gasteiger partial charge in [0.2, 0.25) is 0 Å². The zero-order valence-electron chi connectivity index (χ0n) is 12.6. The number of benzene rings is 2. The second-order valence-corrected chi connectivity index (χ2v) is 7.47. The summed E-state index contributed by atoms with van der Waals surface area (Å²) in [5, 5.41) is 3.81. The van der Waals surface area contributed by atoms with Crippen LogP contribution in [0.25, 0.3) is 0 Å². The van der Waals surface area contributed by atoms with E-state index in [1.165, 1.54) is 24.0 Å². The van der Waals surface area contributed by atoms with Crippen molar-refractivity contribution in [3.63, 3.8) is 0 Å². The summed E-state index contributed by atoms with van der Waals surface area (Å²) in [6.45, 7) is 4.54. The van der Waals surface area contributed by atoms with E-state index in [9.17, 15) is 0 Å². The van der Waals surface area contributed by atoms with Crippen molar-refractivity contribution in [1.82, 2.24) is 5.32 Å². The van der Waals surface area contributed by atoms with Crippen LogP contribution < -0.4 is 5.32 Å². The van der Waals surface area contributed by atoms with Gasteiger partial charge in [-0.1, -0.05) is 58.4 Å². The Labute approximate surface area is 135 Å². The molecule has 0 unspecified atom stereocenters. The zero-order valence-corrected chi connectivity index (χ0v) is 14.2. The molecule has 0 heterocycles. The summed E-state index contributed by atoms with van der Waals surface area (Å²) >= 11 is 3.50. The highest BCUT2D eigenvalue weighted by molar-refractivity contribution is 9.10. The fraction of sp³-hybridized carbons (Fsp3) is 0.368. The van der Waals surface area contributed by atoms with Crippen molar-refractivity contribution in [3.8, 4) is 0 Å². The van der Waals surface area contributed by atoms with E-state index in [0.717, 1.165) is 10.4 Å². The highest BCUT2D eigenvalue weighted by Gasteiger charge is 2.34. The second kappa shape index (κ2) is 5.94. The molecule has 2 heteroatoms. The van der Waals surface area contributed by atoms with Gasteiger partial charge in [-0.15, -0.1) is 0 Å². The van der Waals surface area contributed by atoms with Gasteiger partial charge in [0.15, 0.2) is 0 Å². The molecule has 110 valence electrons. The van der Waals surface area contributed by atoms with Crippen molar-refractivity contribution in [2.75, 3.05) is 0 Å². The van der Waals surface area contributed by atoms with Crippen LogP contribution in [0.1, 0.15) is 43.7 Å². The normalized spacial score (nSPS) is 21.9. The number of halogens is 1. The smallest absolute Gasteiger partial charge is 0.0379 e. The number of nitrogens with one attached hydrogen (secondary N) is 1. The van der Waals surface area contributed by atoms with E-state index in [2.05, 4.69) is 89.7 Å². The van der Waals surface area contributed by atoms with Crippen molar-refractivity contribution in [1.29, 1.82) is 0 Å². The Hall–Kier alpha value is -1.12. The Morgan fingerprint density at radius 1 is 0.952 bits per heavy atom. The Balaban J connectivity index is 1.59. The van der Waals surface area contributed by atoms with E-state index in [1.807, 2.05) is 0 Å². The molecule has 1 fully saturated rings. The van der Waals surface area contributed by atoms with Gasteiger partial charge in [0, 0.05) is 16.1 Å². The number of hydrogen-bond acceptors (Lipinski definition) is 1. The van der Waals surface area contributed by atoms with Crippen molar-refractivity contribution >= 4 is 15.9 Å². The first-order valence-corrected chi connectivity index (χ1v) is 8.42. The molecule has 1 aliphatic rings. The van der Waals surface area contributed by atoms with Gasteiger partial charge in [-0.2, -0.15) is 0 Å². The third-order valence-corrected chi connectivity index (χ3v) is 5.07. The average molecular weight is 344 g/mol. The quantitative estimate of drug-likeness (QED) is 0.802. The third-order valence-electron chi connectivity index (χ3n) is 4.54. The Kier molecular flexibility index (Phi) is 4.19. The van der Waals surface area contributed by atoms with Crippen LogP contribution in [0.4, 0.5) is 0 Å². The summed E-state index contributed by atoms with van der Waals surface area (Å²) in [5.41, 5.74) is 2.85. The molecule has 0 aromatic heterocycles. The van der Waals surface area contributed by atoms with Gasteiger partial charge in [0.1, 0.15) is 0 Å². The highest BCUT2D eigenvalue weighted by Crippen LogP contribution is 2.38.